The third kappa shape index (κ3) is 3.53. The highest BCUT2D eigenvalue weighted by atomic mass is 16.2. The molecule has 0 saturated heterocycles. The van der Waals surface area contributed by atoms with Crippen LogP contribution in [0.4, 0.5) is 0 Å². The molecule has 1 rings (SSSR count). The Balaban J connectivity index is 2.88. The van der Waals surface area contributed by atoms with Crippen molar-refractivity contribution < 1.29 is 4.79 Å². The zero-order valence-corrected chi connectivity index (χ0v) is 10.8. The Morgan fingerprint density at radius 2 is 2.24 bits per heavy atom. The molecule has 1 heterocycles. The van der Waals surface area contributed by atoms with E-state index >= 15 is 0 Å². The maximum Gasteiger partial charge on any atom is 0.272 e. The van der Waals surface area contributed by atoms with Gasteiger partial charge in [0.15, 0.2) is 0 Å². The zero-order chi connectivity index (χ0) is 12.8. The van der Waals surface area contributed by atoms with Crippen LogP contribution in [0.15, 0.2) is 18.3 Å². The summed E-state index contributed by atoms with van der Waals surface area (Å²) in [6.45, 7) is 7.20. The van der Waals surface area contributed by atoms with E-state index in [1.54, 1.807) is 6.20 Å². The van der Waals surface area contributed by atoms with Gasteiger partial charge in [0.1, 0.15) is 5.69 Å². The molecule has 94 valence electrons. The first kappa shape index (κ1) is 13.6. The standard InChI is InChI=1S/C13H21N3O/c1-10(2)16(9-5-7-14)13(17)12-11(3)6-4-8-15-12/h4,6,8,10H,5,7,9,14H2,1-3H3. The van der Waals surface area contributed by atoms with E-state index in [9.17, 15) is 4.79 Å². The van der Waals surface area contributed by atoms with Gasteiger partial charge in [-0.15, -0.1) is 0 Å². The SMILES string of the molecule is Cc1cccnc1C(=O)N(CCCN)C(C)C. The number of nitrogens with two attached hydrogens (primary N) is 1. The van der Waals surface area contributed by atoms with Crippen LogP contribution in [0, 0.1) is 6.92 Å². The summed E-state index contributed by atoms with van der Waals surface area (Å²) in [4.78, 5) is 18.3. The summed E-state index contributed by atoms with van der Waals surface area (Å²) in [7, 11) is 0. The Kier molecular flexibility index (Phi) is 5.10. The smallest absolute Gasteiger partial charge is 0.272 e. The second-order valence-electron chi connectivity index (χ2n) is 4.40. The molecule has 0 aliphatic rings. The number of carbonyl (C=O) groups excluding carboxylic acids is 1. The molecule has 0 aliphatic heterocycles. The van der Waals surface area contributed by atoms with Crippen LogP contribution in [0.1, 0.15) is 36.3 Å². The number of aromatic nitrogens is 1. The van der Waals surface area contributed by atoms with E-state index in [0.29, 0.717) is 18.8 Å². The van der Waals surface area contributed by atoms with Crippen LogP contribution in [-0.2, 0) is 0 Å². The monoisotopic (exact) mass is 235 g/mol. The Morgan fingerprint density at radius 3 is 2.76 bits per heavy atom. The summed E-state index contributed by atoms with van der Waals surface area (Å²) in [6, 6.07) is 3.91. The van der Waals surface area contributed by atoms with Crippen LogP contribution in [-0.4, -0.2) is 34.9 Å². The van der Waals surface area contributed by atoms with Gasteiger partial charge in [-0.3, -0.25) is 9.78 Å². The lowest BCUT2D eigenvalue weighted by molar-refractivity contribution is 0.0698. The second-order valence-corrected chi connectivity index (χ2v) is 4.40. The van der Waals surface area contributed by atoms with E-state index in [-0.39, 0.29) is 11.9 Å². The van der Waals surface area contributed by atoms with Gasteiger partial charge in [0.25, 0.3) is 5.91 Å². The van der Waals surface area contributed by atoms with Crippen molar-refractivity contribution in [3.8, 4) is 0 Å². The second kappa shape index (κ2) is 6.35. The minimum atomic E-state index is -0.00782. The van der Waals surface area contributed by atoms with Gasteiger partial charge in [-0.05, 0) is 45.4 Å². The summed E-state index contributed by atoms with van der Waals surface area (Å²) >= 11 is 0. The first-order valence-electron chi connectivity index (χ1n) is 6.00. The zero-order valence-electron chi connectivity index (χ0n) is 10.8. The Hall–Kier alpha value is -1.42. The van der Waals surface area contributed by atoms with Crippen molar-refractivity contribution in [1.82, 2.24) is 9.88 Å². The lowest BCUT2D eigenvalue weighted by atomic mass is 10.1. The predicted octanol–water partition coefficient (Wildman–Crippen LogP) is 1.59. The largest absolute Gasteiger partial charge is 0.335 e. The van der Waals surface area contributed by atoms with E-state index in [1.165, 1.54) is 0 Å². The molecule has 0 aromatic carbocycles. The maximum atomic E-state index is 12.3. The van der Waals surface area contributed by atoms with Gasteiger partial charge >= 0.3 is 0 Å². The average molecular weight is 235 g/mol. The van der Waals surface area contributed by atoms with E-state index in [2.05, 4.69) is 4.98 Å². The lowest BCUT2D eigenvalue weighted by Crippen LogP contribution is -2.39. The quantitative estimate of drug-likeness (QED) is 0.843. The molecule has 17 heavy (non-hydrogen) atoms. The molecule has 0 bridgehead atoms. The predicted molar refractivity (Wildman–Crippen MR) is 68.8 cm³/mol. The van der Waals surface area contributed by atoms with E-state index in [0.717, 1.165) is 12.0 Å². The molecule has 1 aromatic heterocycles. The number of rotatable bonds is 5. The van der Waals surface area contributed by atoms with Crippen LogP contribution >= 0.6 is 0 Å². The van der Waals surface area contributed by atoms with Crippen molar-refractivity contribution >= 4 is 5.91 Å². The van der Waals surface area contributed by atoms with Gasteiger partial charge in [-0.1, -0.05) is 6.07 Å². The van der Waals surface area contributed by atoms with E-state index < -0.39 is 0 Å². The van der Waals surface area contributed by atoms with Crippen LogP contribution < -0.4 is 5.73 Å². The summed E-state index contributed by atoms with van der Waals surface area (Å²) in [5.74, 6) is -0.00782. The molecule has 0 saturated carbocycles. The number of hydrogen-bond acceptors (Lipinski definition) is 3. The first-order chi connectivity index (χ1) is 8.07. The number of pyridine rings is 1. The number of aryl methyl sites for hydroxylation is 1. The fourth-order valence-electron chi connectivity index (χ4n) is 1.70. The Morgan fingerprint density at radius 1 is 1.53 bits per heavy atom. The highest BCUT2D eigenvalue weighted by molar-refractivity contribution is 5.93. The number of amides is 1. The summed E-state index contributed by atoms with van der Waals surface area (Å²) in [6.07, 6.45) is 2.47. The minimum absolute atomic E-state index is 0.00782. The molecule has 4 nitrogen and oxygen atoms in total. The minimum Gasteiger partial charge on any atom is -0.335 e. The lowest BCUT2D eigenvalue weighted by Gasteiger charge is -2.26. The van der Waals surface area contributed by atoms with E-state index in [1.807, 2.05) is 37.8 Å². The maximum absolute atomic E-state index is 12.3. The molecule has 2 N–H and O–H groups in total. The fourth-order valence-corrected chi connectivity index (χ4v) is 1.70. The molecule has 0 fully saturated rings. The van der Waals surface area contributed by atoms with Crippen molar-refractivity contribution in [2.24, 2.45) is 5.73 Å². The van der Waals surface area contributed by atoms with Gasteiger partial charge in [0, 0.05) is 18.8 Å². The first-order valence-corrected chi connectivity index (χ1v) is 6.00. The molecule has 0 unspecified atom stereocenters. The fraction of sp³-hybridized carbons (Fsp3) is 0.538. The van der Waals surface area contributed by atoms with Crippen molar-refractivity contribution in [1.29, 1.82) is 0 Å². The topological polar surface area (TPSA) is 59.2 Å². The summed E-state index contributed by atoms with van der Waals surface area (Å²) in [5, 5.41) is 0. The van der Waals surface area contributed by atoms with E-state index in [4.69, 9.17) is 5.73 Å². The highest BCUT2D eigenvalue weighted by Crippen LogP contribution is 2.10. The van der Waals surface area contributed by atoms with Crippen LogP contribution in [0.3, 0.4) is 0 Å². The average Bonchev–Trinajstić information content (AvgIpc) is 2.29. The summed E-state index contributed by atoms with van der Waals surface area (Å²) in [5.41, 5.74) is 6.94. The van der Waals surface area contributed by atoms with Crippen LogP contribution in [0.5, 0.6) is 0 Å². The molecular formula is C13H21N3O. The van der Waals surface area contributed by atoms with Gasteiger partial charge in [0.2, 0.25) is 0 Å². The molecule has 4 heteroatoms. The van der Waals surface area contributed by atoms with Gasteiger partial charge < -0.3 is 10.6 Å². The number of hydrogen-bond donors (Lipinski definition) is 1. The molecule has 1 amide bonds. The molecule has 1 aromatic rings. The van der Waals surface area contributed by atoms with Gasteiger partial charge in [0.05, 0.1) is 0 Å². The normalized spacial score (nSPS) is 10.6. The van der Waals surface area contributed by atoms with Crippen molar-refractivity contribution in [3.05, 3.63) is 29.6 Å². The highest BCUT2D eigenvalue weighted by Gasteiger charge is 2.20. The van der Waals surface area contributed by atoms with Crippen molar-refractivity contribution in [3.63, 3.8) is 0 Å². The molecule has 0 radical (unpaired) electrons. The third-order valence-electron chi connectivity index (χ3n) is 2.70. The molecule has 0 aliphatic carbocycles. The molecular weight excluding hydrogens is 214 g/mol. The number of nitrogens with zero attached hydrogens (tertiary/aromatic N) is 2. The van der Waals surface area contributed by atoms with Gasteiger partial charge in [-0.25, -0.2) is 0 Å². The van der Waals surface area contributed by atoms with Crippen LogP contribution in [0.2, 0.25) is 0 Å². The summed E-state index contributed by atoms with van der Waals surface area (Å²) < 4.78 is 0. The number of carbonyl (C=O) groups is 1. The van der Waals surface area contributed by atoms with Crippen molar-refractivity contribution in [2.45, 2.75) is 33.2 Å². The third-order valence-corrected chi connectivity index (χ3v) is 2.70. The van der Waals surface area contributed by atoms with Crippen LogP contribution in [0.25, 0.3) is 0 Å². The molecule has 0 atom stereocenters. The Bertz CT molecular complexity index is 377. The van der Waals surface area contributed by atoms with Gasteiger partial charge in [-0.2, -0.15) is 0 Å². The Labute approximate surface area is 103 Å². The molecule has 0 spiro atoms. The van der Waals surface area contributed by atoms with Crippen molar-refractivity contribution in [2.75, 3.05) is 13.1 Å².